The number of nitrogens with one attached hydrogen (secondary N) is 1. The molecule has 0 saturated heterocycles. The quantitative estimate of drug-likeness (QED) is 0.321. The lowest BCUT2D eigenvalue weighted by atomic mass is 10.1. The summed E-state index contributed by atoms with van der Waals surface area (Å²) in [5.41, 5.74) is 1.01. The van der Waals surface area contributed by atoms with E-state index in [0.29, 0.717) is 6.42 Å². The third-order valence-electron chi connectivity index (χ3n) is 4.79. The summed E-state index contributed by atoms with van der Waals surface area (Å²) in [7, 11) is -3.63. The number of benzene rings is 1. The predicted octanol–water partition coefficient (Wildman–Crippen LogP) is 5.13. The maximum atomic E-state index is 12.7. The molecule has 0 spiro atoms. The lowest BCUT2D eigenvalue weighted by Crippen LogP contribution is -2.38. The molecule has 1 rings (SSSR count). The first-order chi connectivity index (χ1) is 13.4. The second-order valence-corrected chi connectivity index (χ2v) is 9.15. The number of unbranched alkanes of at least 4 members (excludes halogenated alkanes) is 7. The van der Waals surface area contributed by atoms with E-state index in [1.807, 2.05) is 6.92 Å². The van der Waals surface area contributed by atoms with E-state index in [2.05, 4.69) is 11.6 Å². The van der Waals surface area contributed by atoms with Crippen molar-refractivity contribution in [3.05, 3.63) is 29.8 Å². The summed E-state index contributed by atoms with van der Waals surface area (Å²) in [6.45, 7) is 5.93. The van der Waals surface area contributed by atoms with Crippen LogP contribution in [0, 0.1) is 6.92 Å². The highest BCUT2D eigenvalue weighted by Gasteiger charge is 2.21. The summed E-state index contributed by atoms with van der Waals surface area (Å²) in [5.74, 6) is -0.310. The van der Waals surface area contributed by atoms with Gasteiger partial charge in [-0.2, -0.15) is 0 Å². The van der Waals surface area contributed by atoms with Gasteiger partial charge in [0.05, 0.1) is 10.9 Å². The zero-order chi connectivity index (χ0) is 20.8. The van der Waals surface area contributed by atoms with Crippen molar-refractivity contribution in [2.24, 2.45) is 0 Å². The second-order valence-electron chi connectivity index (χ2n) is 7.43. The molecule has 0 fully saturated rings. The van der Waals surface area contributed by atoms with Crippen LogP contribution in [-0.2, 0) is 19.6 Å². The number of carbonyl (C=O) groups is 1. The Bertz CT molecular complexity index is 656. The maximum absolute atomic E-state index is 12.7. The van der Waals surface area contributed by atoms with Crippen LogP contribution >= 0.6 is 0 Å². The van der Waals surface area contributed by atoms with Gasteiger partial charge in [-0.05, 0) is 25.5 Å². The van der Waals surface area contributed by atoms with Gasteiger partial charge in [-0.3, -0.25) is 4.79 Å². The van der Waals surface area contributed by atoms with Crippen molar-refractivity contribution in [3.63, 3.8) is 0 Å². The second kappa shape index (κ2) is 13.7. The zero-order valence-corrected chi connectivity index (χ0v) is 18.5. The standard InChI is InChI=1S/C22H37NO4S/c1-4-6-7-8-9-10-11-12-13-20(18-27-22(24)5-2)23-28(25,26)21-16-14-19(3)15-17-21/h14-17,20,23H,4-13,18H2,1-3H3. The highest BCUT2D eigenvalue weighted by molar-refractivity contribution is 7.89. The molecular weight excluding hydrogens is 374 g/mol. The lowest BCUT2D eigenvalue weighted by Gasteiger charge is -2.19. The normalized spacial score (nSPS) is 12.7. The number of esters is 1. The zero-order valence-electron chi connectivity index (χ0n) is 17.7. The van der Waals surface area contributed by atoms with Crippen molar-refractivity contribution in [2.75, 3.05) is 6.61 Å². The molecule has 6 heteroatoms. The number of carbonyl (C=O) groups excluding carboxylic acids is 1. The lowest BCUT2D eigenvalue weighted by molar-refractivity contribution is -0.143. The van der Waals surface area contributed by atoms with E-state index in [-0.39, 0.29) is 23.9 Å². The van der Waals surface area contributed by atoms with Gasteiger partial charge >= 0.3 is 5.97 Å². The van der Waals surface area contributed by atoms with E-state index in [1.165, 1.54) is 32.1 Å². The number of rotatable bonds is 15. The Labute approximate surface area is 171 Å². The molecule has 0 aliphatic rings. The number of aryl methyl sites for hydroxylation is 1. The molecule has 0 amide bonds. The largest absolute Gasteiger partial charge is 0.464 e. The third-order valence-corrected chi connectivity index (χ3v) is 6.33. The Morgan fingerprint density at radius 3 is 2.11 bits per heavy atom. The molecular formula is C22H37NO4S. The molecule has 1 unspecified atom stereocenters. The van der Waals surface area contributed by atoms with E-state index in [1.54, 1.807) is 31.2 Å². The fourth-order valence-corrected chi connectivity index (χ4v) is 4.26. The van der Waals surface area contributed by atoms with Crippen LogP contribution in [-0.4, -0.2) is 27.0 Å². The van der Waals surface area contributed by atoms with Gasteiger partial charge < -0.3 is 4.74 Å². The Morgan fingerprint density at radius 2 is 1.54 bits per heavy atom. The van der Waals surface area contributed by atoms with Gasteiger partial charge in [-0.15, -0.1) is 0 Å². The van der Waals surface area contributed by atoms with Gasteiger partial charge in [-0.1, -0.05) is 82.9 Å². The first kappa shape index (κ1) is 24.6. The first-order valence-electron chi connectivity index (χ1n) is 10.6. The van der Waals surface area contributed by atoms with Crippen LogP contribution in [0.5, 0.6) is 0 Å². The van der Waals surface area contributed by atoms with Crippen LogP contribution in [0.1, 0.15) is 83.6 Å². The SMILES string of the molecule is CCCCCCCCCCC(COC(=O)CC)NS(=O)(=O)c1ccc(C)cc1. The third kappa shape index (κ3) is 10.2. The minimum atomic E-state index is -3.63. The molecule has 1 atom stereocenters. The molecule has 160 valence electrons. The molecule has 0 aliphatic heterocycles. The number of hydrogen-bond acceptors (Lipinski definition) is 4. The van der Waals surface area contributed by atoms with Gasteiger partial charge in [0.2, 0.25) is 10.0 Å². The molecule has 0 radical (unpaired) electrons. The summed E-state index contributed by atoms with van der Waals surface area (Å²) >= 11 is 0. The smallest absolute Gasteiger partial charge is 0.305 e. The van der Waals surface area contributed by atoms with Crippen LogP contribution < -0.4 is 4.72 Å². The molecule has 28 heavy (non-hydrogen) atoms. The summed E-state index contributed by atoms with van der Waals surface area (Å²) in [6.07, 6.45) is 10.4. The Balaban J connectivity index is 2.54. The van der Waals surface area contributed by atoms with Crippen LogP contribution in [0.3, 0.4) is 0 Å². The van der Waals surface area contributed by atoms with Gasteiger partial charge in [0.25, 0.3) is 0 Å². The molecule has 0 saturated carbocycles. The minimum absolute atomic E-state index is 0.0776. The van der Waals surface area contributed by atoms with Crippen LogP contribution in [0.15, 0.2) is 29.2 Å². The highest BCUT2D eigenvalue weighted by Crippen LogP contribution is 2.14. The van der Waals surface area contributed by atoms with Crippen molar-refractivity contribution in [2.45, 2.75) is 95.9 Å². The molecule has 5 nitrogen and oxygen atoms in total. The fraction of sp³-hybridized carbons (Fsp3) is 0.682. The van der Waals surface area contributed by atoms with Crippen LogP contribution in [0.4, 0.5) is 0 Å². The van der Waals surface area contributed by atoms with Crippen molar-refractivity contribution in [3.8, 4) is 0 Å². The summed E-state index contributed by atoms with van der Waals surface area (Å²) in [5, 5.41) is 0. The van der Waals surface area contributed by atoms with Crippen molar-refractivity contribution in [1.29, 1.82) is 0 Å². The van der Waals surface area contributed by atoms with E-state index in [9.17, 15) is 13.2 Å². The molecule has 0 aromatic heterocycles. The summed E-state index contributed by atoms with van der Waals surface area (Å²) in [4.78, 5) is 11.7. The van der Waals surface area contributed by atoms with E-state index in [0.717, 1.165) is 24.8 Å². The van der Waals surface area contributed by atoms with E-state index >= 15 is 0 Å². The van der Waals surface area contributed by atoms with Crippen LogP contribution in [0.25, 0.3) is 0 Å². The monoisotopic (exact) mass is 411 g/mol. The molecule has 1 aromatic carbocycles. The maximum Gasteiger partial charge on any atom is 0.305 e. The molecule has 1 N–H and O–H groups in total. The average Bonchev–Trinajstić information content (AvgIpc) is 2.67. The first-order valence-corrected chi connectivity index (χ1v) is 12.1. The predicted molar refractivity (Wildman–Crippen MR) is 114 cm³/mol. The Morgan fingerprint density at radius 1 is 0.964 bits per heavy atom. The Hall–Kier alpha value is -1.40. The summed E-state index contributed by atoms with van der Waals surface area (Å²) < 4.78 is 33.2. The van der Waals surface area contributed by atoms with Gasteiger partial charge in [0.15, 0.2) is 0 Å². The summed E-state index contributed by atoms with van der Waals surface area (Å²) in [6, 6.07) is 6.35. The van der Waals surface area contributed by atoms with Crippen LogP contribution in [0.2, 0.25) is 0 Å². The van der Waals surface area contributed by atoms with E-state index < -0.39 is 16.1 Å². The van der Waals surface area contributed by atoms with Gasteiger partial charge in [0, 0.05) is 6.42 Å². The van der Waals surface area contributed by atoms with Crippen molar-refractivity contribution >= 4 is 16.0 Å². The van der Waals surface area contributed by atoms with Gasteiger partial charge in [-0.25, -0.2) is 13.1 Å². The topological polar surface area (TPSA) is 72.5 Å². The number of ether oxygens (including phenoxy) is 1. The molecule has 0 bridgehead atoms. The highest BCUT2D eigenvalue weighted by atomic mass is 32.2. The fourth-order valence-electron chi connectivity index (χ4n) is 3.00. The van der Waals surface area contributed by atoms with Crippen molar-refractivity contribution in [1.82, 2.24) is 4.72 Å². The van der Waals surface area contributed by atoms with Gasteiger partial charge in [0.1, 0.15) is 6.61 Å². The number of sulfonamides is 1. The Kier molecular flexibility index (Phi) is 12.1. The molecule has 0 heterocycles. The molecule has 0 aliphatic carbocycles. The van der Waals surface area contributed by atoms with Crippen molar-refractivity contribution < 1.29 is 17.9 Å². The number of hydrogen-bond donors (Lipinski definition) is 1. The molecule has 1 aromatic rings. The van der Waals surface area contributed by atoms with E-state index in [4.69, 9.17) is 4.74 Å². The average molecular weight is 412 g/mol. The minimum Gasteiger partial charge on any atom is -0.464 e.